The number of urea groups is 1. The molecule has 32 heavy (non-hydrogen) atoms. The lowest BCUT2D eigenvalue weighted by molar-refractivity contribution is -0.349. The first-order valence-electron chi connectivity index (χ1n) is 9.77. The van der Waals surface area contributed by atoms with Crippen LogP contribution in [0.15, 0.2) is 66.7 Å². The molecule has 0 aliphatic carbocycles. The number of hydrogen-bond donors (Lipinski definition) is 3. The van der Waals surface area contributed by atoms with Crippen molar-refractivity contribution in [2.45, 2.75) is 0 Å². The standard InChI is InChI=1S/C23H22N6O3/c1-27(2)18-10-8-17(9-11-18)25-23(30)24-16-6-4-15(5-7-16)22-26-20-13-12-19(28(3)31)14-21(20)29(22)32/h4-14,32H,3H2,1-2H3,(H2,24,25,30). The lowest BCUT2D eigenvalue weighted by atomic mass is 10.2. The number of amides is 2. The van der Waals surface area contributed by atoms with Crippen molar-refractivity contribution in [2.75, 3.05) is 29.6 Å². The SMILES string of the molecule is C=[N+]([O-])c1ccc2nc(-c3ccc(NC(=O)Nc4ccc(N(C)C)cc4)cc3)n(O)c2c1. The van der Waals surface area contributed by atoms with E-state index in [0.29, 0.717) is 44.2 Å². The van der Waals surface area contributed by atoms with Crippen LogP contribution in [0.4, 0.5) is 27.5 Å². The van der Waals surface area contributed by atoms with E-state index in [9.17, 15) is 15.2 Å². The minimum absolute atomic E-state index is 0.307. The summed E-state index contributed by atoms with van der Waals surface area (Å²) in [6, 6.07) is 18.8. The molecule has 0 unspecified atom stereocenters. The number of carbonyl (C=O) groups excluding carboxylic acids is 1. The molecule has 0 fully saturated rings. The highest BCUT2D eigenvalue weighted by molar-refractivity contribution is 6.00. The first-order valence-corrected chi connectivity index (χ1v) is 9.77. The Hall–Kier alpha value is -4.53. The number of fused-ring (bicyclic) bond motifs is 1. The van der Waals surface area contributed by atoms with Gasteiger partial charge in [-0.05, 0) is 54.6 Å². The predicted molar refractivity (Wildman–Crippen MR) is 126 cm³/mol. The molecule has 0 aliphatic rings. The molecule has 0 aliphatic heterocycles. The molecule has 2 amide bonds. The van der Waals surface area contributed by atoms with Gasteiger partial charge in [-0.2, -0.15) is 9.47 Å². The van der Waals surface area contributed by atoms with Gasteiger partial charge in [0.05, 0.1) is 5.52 Å². The van der Waals surface area contributed by atoms with Crippen LogP contribution in [0.5, 0.6) is 0 Å². The molecule has 4 rings (SSSR count). The fourth-order valence-electron chi connectivity index (χ4n) is 3.23. The van der Waals surface area contributed by atoms with E-state index in [4.69, 9.17) is 0 Å². The van der Waals surface area contributed by atoms with Gasteiger partial charge in [0, 0.05) is 48.9 Å². The van der Waals surface area contributed by atoms with Crippen LogP contribution in [-0.2, 0) is 0 Å². The topological polar surface area (TPSA) is 108 Å². The number of imidazole rings is 1. The Balaban J connectivity index is 1.47. The molecule has 0 bridgehead atoms. The molecular formula is C23H22N6O3. The average molecular weight is 430 g/mol. The molecule has 0 saturated carbocycles. The van der Waals surface area contributed by atoms with Gasteiger partial charge in [0.25, 0.3) is 0 Å². The maximum Gasteiger partial charge on any atom is 0.323 e. The van der Waals surface area contributed by atoms with Gasteiger partial charge in [-0.25, -0.2) is 9.78 Å². The molecule has 9 nitrogen and oxygen atoms in total. The average Bonchev–Trinajstić information content (AvgIpc) is 3.10. The van der Waals surface area contributed by atoms with Crippen molar-refractivity contribution in [1.29, 1.82) is 0 Å². The summed E-state index contributed by atoms with van der Waals surface area (Å²) in [4.78, 5) is 18.7. The summed E-state index contributed by atoms with van der Waals surface area (Å²) in [5.74, 6) is 0.315. The number of anilines is 3. The second-order valence-corrected chi connectivity index (χ2v) is 7.40. The summed E-state index contributed by atoms with van der Waals surface area (Å²) in [7, 11) is 3.90. The van der Waals surface area contributed by atoms with Crippen LogP contribution in [0.3, 0.4) is 0 Å². The van der Waals surface area contributed by atoms with Crippen molar-refractivity contribution in [1.82, 2.24) is 9.71 Å². The van der Waals surface area contributed by atoms with Crippen molar-refractivity contribution in [3.8, 4) is 11.4 Å². The number of hydrogen-bond acceptors (Lipinski definition) is 5. The molecule has 4 aromatic rings. The molecule has 1 heterocycles. The first kappa shape index (κ1) is 20.7. The first-order chi connectivity index (χ1) is 15.3. The maximum atomic E-state index is 12.3. The summed E-state index contributed by atoms with van der Waals surface area (Å²) in [5, 5.41) is 27.5. The van der Waals surface area contributed by atoms with E-state index >= 15 is 0 Å². The molecule has 3 N–H and O–H groups in total. The van der Waals surface area contributed by atoms with Gasteiger partial charge in [0.1, 0.15) is 12.2 Å². The van der Waals surface area contributed by atoms with E-state index in [2.05, 4.69) is 22.3 Å². The summed E-state index contributed by atoms with van der Waals surface area (Å²) >= 11 is 0. The van der Waals surface area contributed by atoms with Gasteiger partial charge < -0.3 is 25.9 Å². The number of aromatic nitrogens is 2. The van der Waals surface area contributed by atoms with E-state index < -0.39 is 0 Å². The highest BCUT2D eigenvalue weighted by Crippen LogP contribution is 2.27. The van der Waals surface area contributed by atoms with E-state index in [1.165, 1.54) is 6.07 Å². The number of nitrogens with zero attached hydrogens (tertiary/aromatic N) is 4. The summed E-state index contributed by atoms with van der Waals surface area (Å²) in [6.07, 6.45) is 0. The second-order valence-electron chi connectivity index (χ2n) is 7.40. The Morgan fingerprint density at radius 3 is 2.19 bits per heavy atom. The number of nitrogens with one attached hydrogen (secondary N) is 2. The Bertz CT molecular complexity index is 1290. The quantitative estimate of drug-likeness (QED) is 0.142. The summed E-state index contributed by atoms with van der Waals surface area (Å²) in [6.45, 7) is 3.31. The minimum atomic E-state index is -0.368. The van der Waals surface area contributed by atoms with Gasteiger partial charge >= 0.3 is 6.03 Å². The number of rotatable bonds is 5. The fraction of sp³-hybridized carbons (Fsp3) is 0.0870. The molecule has 3 aromatic carbocycles. The highest BCUT2D eigenvalue weighted by atomic mass is 16.5. The predicted octanol–water partition coefficient (Wildman–Crippen LogP) is 4.49. The molecule has 9 heteroatoms. The Morgan fingerprint density at radius 2 is 1.62 bits per heavy atom. The van der Waals surface area contributed by atoms with Gasteiger partial charge in [-0.1, -0.05) is 0 Å². The lowest BCUT2D eigenvalue weighted by Gasteiger charge is -2.13. The van der Waals surface area contributed by atoms with E-state index in [1.807, 2.05) is 43.3 Å². The van der Waals surface area contributed by atoms with Gasteiger partial charge in [0.2, 0.25) is 5.69 Å². The van der Waals surface area contributed by atoms with Crippen molar-refractivity contribution in [2.24, 2.45) is 0 Å². The van der Waals surface area contributed by atoms with E-state index in [-0.39, 0.29) is 6.03 Å². The molecule has 0 saturated heterocycles. The minimum Gasteiger partial charge on any atom is -0.619 e. The molecule has 0 spiro atoms. The van der Waals surface area contributed by atoms with Crippen LogP contribution >= 0.6 is 0 Å². The van der Waals surface area contributed by atoms with Crippen LogP contribution in [0.25, 0.3) is 22.4 Å². The zero-order chi connectivity index (χ0) is 22.8. The lowest BCUT2D eigenvalue weighted by Crippen LogP contribution is -2.19. The third-order valence-electron chi connectivity index (χ3n) is 4.94. The van der Waals surface area contributed by atoms with E-state index in [1.54, 1.807) is 36.4 Å². The van der Waals surface area contributed by atoms with Gasteiger partial charge in [-0.15, -0.1) is 0 Å². The van der Waals surface area contributed by atoms with Crippen LogP contribution in [0, 0.1) is 5.21 Å². The van der Waals surface area contributed by atoms with Crippen molar-refractivity contribution >= 4 is 46.5 Å². The molecule has 1 aromatic heterocycles. The summed E-state index contributed by atoms with van der Waals surface area (Å²) < 4.78 is 1.39. The van der Waals surface area contributed by atoms with Crippen LogP contribution in [-0.4, -0.2) is 46.5 Å². The third kappa shape index (κ3) is 4.17. The van der Waals surface area contributed by atoms with Gasteiger partial charge in [-0.3, -0.25) is 0 Å². The fourth-order valence-corrected chi connectivity index (χ4v) is 3.23. The van der Waals surface area contributed by atoms with Crippen molar-refractivity contribution < 1.29 is 14.7 Å². The monoisotopic (exact) mass is 430 g/mol. The Morgan fingerprint density at radius 1 is 1.03 bits per heavy atom. The number of carbonyl (C=O) groups is 1. The smallest absolute Gasteiger partial charge is 0.323 e. The van der Waals surface area contributed by atoms with Crippen LogP contribution in [0.1, 0.15) is 0 Å². The largest absolute Gasteiger partial charge is 0.619 e. The molecule has 0 radical (unpaired) electrons. The third-order valence-corrected chi connectivity index (χ3v) is 4.94. The zero-order valence-electron chi connectivity index (χ0n) is 17.6. The van der Waals surface area contributed by atoms with Crippen LogP contribution in [0.2, 0.25) is 0 Å². The van der Waals surface area contributed by atoms with Gasteiger partial charge in [0.15, 0.2) is 5.82 Å². The number of benzene rings is 3. The summed E-state index contributed by atoms with van der Waals surface area (Å²) in [5.41, 5.74) is 4.17. The maximum absolute atomic E-state index is 12.3. The highest BCUT2D eigenvalue weighted by Gasteiger charge is 2.14. The van der Waals surface area contributed by atoms with Crippen molar-refractivity contribution in [3.05, 3.63) is 71.9 Å². The Labute approximate surface area is 184 Å². The molecular weight excluding hydrogens is 408 g/mol. The second kappa shape index (κ2) is 8.31. The molecule has 0 atom stereocenters. The van der Waals surface area contributed by atoms with E-state index in [0.717, 1.165) is 10.4 Å². The zero-order valence-corrected chi connectivity index (χ0v) is 17.6. The van der Waals surface area contributed by atoms with Crippen molar-refractivity contribution in [3.63, 3.8) is 0 Å². The molecule has 162 valence electrons. The Kier molecular flexibility index (Phi) is 5.38. The van der Waals surface area contributed by atoms with Crippen LogP contribution < -0.4 is 15.5 Å². The normalized spacial score (nSPS) is 10.7.